The zero-order chi connectivity index (χ0) is 23.2. The fraction of sp³-hybridized carbons (Fsp3) is 0.160. The zero-order valence-corrected chi connectivity index (χ0v) is 17.3. The minimum Gasteiger partial charge on any atom is -0.345 e. The number of ketones is 1. The van der Waals surface area contributed by atoms with Gasteiger partial charge < -0.3 is 9.88 Å². The number of aromatic amines is 1. The van der Waals surface area contributed by atoms with E-state index in [0.29, 0.717) is 30.6 Å². The Morgan fingerprint density at radius 3 is 2.48 bits per heavy atom. The van der Waals surface area contributed by atoms with Crippen LogP contribution in [0.2, 0.25) is 0 Å². The van der Waals surface area contributed by atoms with Crippen LogP contribution in [0.5, 0.6) is 0 Å². The van der Waals surface area contributed by atoms with E-state index in [1.165, 1.54) is 12.1 Å². The van der Waals surface area contributed by atoms with E-state index in [-0.39, 0.29) is 17.3 Å². The molecule has 0 saturated heterocycles. The number of halogens is 3. The lowest BCUT2D eigenvalue weighted by atomic mass is 9.90. The molecule has 0 spiro atoms. The molecule has 1 aliphatic heterocycles. The van der Waals surface area contributed by atoms with E-state index in [0.717, 1.165) is 34.3 Å². The number of hydrogen-bond donors (Lipinski definition) is 1. The van der Waals surface area contributed by atoms with Crippen molar-refractivity contribution in [2.24, 2.45) is 0 Å². The Bertz CT molecular complexity index is 1370. The predicted octanol–water partition coefficient (Wildman–Crippen LogP) is 5.01. The summed E-state index contributed by atoms with van der Waals surface area (Å²) in [7, 11) is 0. The molecule has 0 radical (unpaired) electrons. The maximum absolute atomic E-state index is 13.1. The van der Waals surface area contributed by atoms with E-state index >= 15 is 0 Å². The van der Waals surface area contributed by atoms with Crippen molar-refractivity contribution in [3.05, 3.63) is 100 Å². The molecule has 5 nitrogen and oxygen atoms in total. The van der Waals surface area contributed by atoms with Crippen LogP contribution in [0.3, 0.4) is 0 Å². The number of carbonyl (C=O) groups excluding carboxylic acids is 2. The highest BCUT2D eigenvalue weighted by Gasteiger charge is 2.31. The van der Waals surface area contributed by atoms with Crippen LogP contribution in [0.1, 0.15) is 43.0 Å². The molecule has 1 N–H and O–H groups in total. The number of aromatic nitrogens is 2. The van der Waals surface area contributed by atoms with Crippen molar-refractivity contribution < 1.29 is 22.8 Å². The van der Waals surface area contributed by atoms with Gasteiger partial charge in [-0.3, -0.25) is 9.59 Å². The molecule has 33 heavy (non-hydrogen) atoms. The number of rotatable bonds is 3. The fourth-order valence-corrected chi connectivity index (χ4v) is 4.21. The van der Waals surface area contributed by atoms with Gasteiger partial charge in [-0.1, -0.05) is 30.3 Å². The summed E-state index contributed by atoms with van der Waals surface area (Å²) >= 11 is 0. The average Bonchev–Trinajstić information content (AvgIpc) is 3.30. The Hall–Kier alpha value is -3.94. The molecule has 2 heterocycles. The summed E-state index contributed by atoms with van der Waals surface area (Å²) in [6.07, 6.45) is -2.40. The molecule has 5 rings (SSSR count). The van der Waals surface area contributed by atoms with Gasteiger partial charge >= 0.3 is 6.18 Å². The number of alkyl halides is 3. The van der Waals surface area contributed by atoms with Gasteiger partial charge in [-0.2, -0.15) is 13.2 Å². The van der Waals surface area contributed by atoms with Gasteiger partial charge in [-0.25, -0.2) is 4.98 Å². The van der Waals surface area contributed by atoms with Crippen molar-refractivity contribution in [1.29, 1.82) is 0 Å². The van der Waals surface area contributed by atoms with Gasteiger partial charge in [-0.05, 0) is 47.9 Å². The Kier molecular flexibility index (Phi) is 5.00. The molecule has 166 valence electrons. The summed E-state index contributed by atoms with van der Waals surface area (Å²) in [5, 5.41) is 0. The van der Waals surface area contributed by atoms with E-state index in [1.54, 1.807) is 41.6 Å². The maximum atomic E-state index is 13.1. The Balaban J connectivity index is 1.39. The molecule has 0 atom stereocenters. The van der Waals surface area contributed by atoms with Gasteiger partial charge in [0.25, 0.3) is 5.91 Å². The zero-order valence-electron chi connectivity index (χ0n) is 17.3. The molecule has 0 fully saturated rings. The highest BCUT2D eigenvalue weighted by Crippen LogP contribution is 2.30. The molecule has 1 aliphatic rings. The van der Waals surface area contributed by atoms with Gasteiger partial charge in [0.15, 0.2) is 5.78 Å². The molecule has 1 amide bonds. The molecular weight excluding hydrogens is 431 g/mol. The first-order valence-electron chi connectivity index (χ1n) is 10.4. The van der Waals surface area contributed by atoms with Crippen LogP contribution >= 0.6 is 0 Å². The first-order valence-corrected chi connectivity index (χ1v) is 10.4. The molecular formula is C25H18F3N3O2. The minimum absolute atomic E-state index is 0.114. The van der Waals surface area contributed by atoms with Gasteiger partial charge in [-0.15, -0.1) is 0 Å². The second-order valence-corrected chi connectivity index (χ2v) is 7.96. The molecule has 0 bridgehead atoms. The summed E-state index contributed by atoms with van der Waals surface area (Å²) < 4.78 is 38.5. The number of imidazole rings is 1. The fourth-order valence-electron chi connectivity index (χ4n) is 4.21. The monoisotopic (exact) mass is 449 g/mol. The molecule has 0 saturated carbocycles. The van der Waals surface area contributed by atoms with Crippen LogP contribution in [-0.4, -0.2) is 33.1 Å². The van der Waals surface area contributed by atoms with Crippen molar-refractivity contribution >= 4 is 22.7 Å². The van der Waals surface area contributed by atoms with Crippen LogP contribution in [-0.2, 0) is 19.1 Å². The van der Waals surface area contributed by atoms with Crippen molar-refractivity contribution in [3.8, 4) is 0 Å². The second kappa shape index (κ2) is 7.88. The summed E-state index contributed by atoms with van der Waals surface area (Å²) in [6, 6.07) is 14.8. The van der Waals surface area contributed by atoms with Crippen LogP contribution in [0, 0.1) is 0 Å². The third kappa shape index (κ3) is 3.88. The smallest absolute Gasteiger partial charge is 0.345 e. The Labute approximate surface area is 186 Å². The second-order valence-electron chi connectivity index (χ2n) is 7.96. The standard InChI is InChI=1S/C25H18F3N3O2/c26-25(27,28)18-7-4-15(5-8-18)23(32)20-3-1-2-17-13-31(11-10-19(17)20)24(33)16-6-9-21-22(12-16)30-14-29-21/h1-9,12,14H,10-11,13H2,(H,29,30). The minimum atomic E-state index is -4.45. The normalized spacial score (nSPS) is 13.7. The van der Waals surface area contributed by atoms with Crippen LogP contribution < -0.4 is 0 Å². The van der Waals surface area contributed by atoms with Crippen LogP contribution in [0.15, 0.2) is 67.0 Å². The number of benzene rings is 3. The number of H-pyrrole nitrogens is 1. The molecule has 4 aromatic rings. The molecule has 8 heteroatoms. The number of hydrogen-bond acceptors (Lipinski definition) is 3. The quantitative estimate of drug-likeness (QED) is 0.447. The predicted molar refractivity (Wildman–Crippen MR) is 116 cm³/mol. The summed E-state index contributed by atoms with van der Waals surface area (Å²) in [4.78, 5) is 35.0. The van der Waals surface area contributed by atoms with Gasteiger partial charge in [0, 0.05) is 29.8 Å². The summed E-state index contributed by atoms with van der Waals surface area (Å²) in [6.45, 7) is 0.785. The van der Waals surface area contributed by atoms with E-state index in [1.807, 2.05) is 6.07 Å². The topological polar surface area (TPSA) is 66.1 Å². The first-order chi connectivity index (χ1) is 15.8. The lowest BCUT2D eigenvalue weighted by Gasteiger charge is -2.30. The largest absolute Gasteiger partial charge is 0.416 e. The van der Waals surface area contributed by atoms with E-state index < -0.39 is 11.7 Å². The number of carbonyl (C=O) groups is 2. The summed E-state index contributed by atoms with van der Waals surface area (Å²) in [5.41, 5.74) is 3.65. The van der Waals surface area contributed by atoms with Gasteiger partial charge in [0.2, 0.25) is 0 Å². The molecule has 0 aliphatic carbocycles. The summed E-state index contributed by atoms with van der Waals surface area (Å²) in [5.74, 6) is -0.443. The molecule has 3 aromatic carbocycles. The SMILES string of the molecule is O=C(c1ccc(C(F)(F)F)cc1)c1cccc2c1CCN(C(=O)c1ccc3nc[nH]c3c1)C2. The highest BCUT2D eigenvalue weighted by atomic mass is 19.4. The van der Waals surface area contributed by atoms with E-state index in [2.05, 4.69) is 9.97 Å². The lowest BCUT2D eigenvalue weighted by Crippen LogP contribution is -2.36. The number of amides is 1. The van der Waals surface area contributed by atoms with Crippen LogP contribution in [0.4, 0.5) is 13.2 Å². The van der Waals surface area contributed by atoms with Crippen molar-refractivity contribution in [2.45, 2.75) is 19.1 Å². The molecule has 1 aromatic heterocycles. The maximum Gasteiger partial charge on any atom is 0.416 e. The number of fused-ring (bicyclic) bond motifs is 2. The Morgan fingerprint density at radius 1 is 0.970 bits per heavy atom. The first kappa shape index (κ1) is 20.9. The third-order valence-corrected chi connectivity index (χ3v) is 5.94. The van der Waals surface area contributed by atoms with Crippen LogP contribution in [0.25, 0.3) is 11.0 Å². The lowest BCUT2D eigenvalue weighted by molar-refractivity contribution is -0.137. The van der Waals surface area contributed by atoms with Gasteiger partial charge in [0.05, 0.1) is 22.9 Å². The van der Waals surface area contributed by atoms with Gasteiger partial charge in [0.1, 0.15) is 0 Å². The van der Waals surface area contributed by atoms with E-state index in [9.17, 15) is 22.8 Å². The van der Waals surface area contributed by atoms with Crippen molar-refractivity contribution in [3.63, 3.8) is 0 Å². The third-order valence-electron chi connectivity index (χ3n) is 5.94. The number of nitrogens with zero attached hydrogens (tertiary/aromatic N) is 2. The molecule has 0 unspecified atom stereocenters. The van der Waals surface area contributed by atoms with E-state index in [4.69, 9.17) is 0 Å². The number of nitrogens with one attached hydrogen (secondary N) is 1. The van der Waals surface area contributed by atoms with Crippen molar-refractivity contribution in [2.75, 3.05) is 6.54 Å². The van der Waals surface area contributed by atoms with Crippen molar-refractivity contribution in [1.82, 2.24) is 14.9 Å². The highest BCUT2D eigenvalue weighted by molar-refractivity contribution is 6.10. The Morgan fingerprint density at radius 2 is 1.73 bits per heavy atom. The average molecular weight is 449 g/mol.